The first-order valence-electron chi connectivity index (χ1n) is 7.93. The highest BCUT2D eigenvalue weighted by Gasteiger charge is 2.15. The summed E-state index contributed by atoms with van der Waals surface area (Å²) in [4.78, 5) is 4.66. The Morgan fingerprint density at radius 1 is 1.14 bits per heavy atom. The highest BCUT2D eigenvalue weighted by molar-refractivity contribution is 7.99. The van der Waals surface area contributed by atoms with Crippen molar-refractivity contribution in [1.82, 2.24) is 10.6 Å². The van der Waals surface area contributed by atoms with E-state index in [9.17, 15) is 0 Å². The molecular formula is C17H30N4S. The zero-order valence-electron chi connectivity index (χ0n) is 14.3. The van der Waals surface area contributed by atoms with Gasteiger partial charge in [0.1, 0.15) is 0 Å². The number of nitrogens with zero attached hydrogens (tertiary/aromatic N) is 1. The minimum atomic E-state index is 0.178. The standard InChI is InChI=1S/C17H30N4S/c1-5-18-16(21-14-17(2,3)22-4)20-13-9-12-19-15-10-7-6-8-11-15/h6-8,10-11,19H,5,9,12-14H2,1-4H3,(H2,18,20,21). The van der Waals surface area contributed by atoms with Crippen LogP contribution in [0, 0.1) is 0 Å². The van der Waals surface area contributed by atoms with Crippen molar-refractivity contribution in [3.05, 3.63) is 30.3 Å². The monoisotopic (exact) mass is 322 g/mol. The lowest BCUT2D eigenvalue weighted by molar-refractivity contribution is 0.706. The second-order valence-corrected chi connectivity index (χ2v) is 7.25. The molecule has 0 aliphatic heterocycles. The summed E-state index contributed by atoms with van der Waals surface area (Å²) in [5, 5.41) is 10.1. The Bertz CT molecular complexity index is 432. The Labute approximate surface area is 139 Å². The molecule has 1 aromatic carbocycles. The smallest absolute Gasteiger partial charge is 0.191 e. The van der Waals surface area contributed by atoms with E-state index in [0.717, 1.165) is 38.6 Å². The third-order valence-electron chi connectivity index (χ3n) is 3.26. The van der Waals surface area contributed by atoms with Gasteiger partial charge >= 0.3 is 0 Å². The van der Waals surface area contributed by atoms with E-state index >= 15 is 0 Å². The maximum absolute atomic E-state index is 4.66. The van der Waals surface area contributed by atoms with Crippen LogP contribution in [-0.2, 0) is 0 Å². The molecule has 0 atom stereocenters. The van der Waals surface area contributed by atoms with Crippen LogP contribution in [0.5, 0.6) is 0 Å². The molecule has 0 spiro atoms. The fourth-order valence-electron chi connectivity index (χ4n) is 1.76. The van der Waals surface area contributed by atoms with Crippen molar-refractivity contribution in [2.24, 2.45) is 4.99 Å². The normalized spacial score (nSPS) is 12.1. The van der Waals surface area contributed by atoms with Crippen LogP contribution in [-0.4, -0.2) is 43.1 Å². The average Bonchev–Trinajstić information content (AvgIpc) is 2.53. The lowest BCUT2D eigenvalue weighted by Gasteiger charge is -2.20. The molecule has 0 fully saturated rings. The van der Waals surface area contributed by atoms with Gasteiger partial charge < -0.3 is 16.0 Å². The van der Waals surface area contributed by atoms with E-state index in [2.05, 4.69) is 60.1 Å². The summed E-state index contributed by atoms with van der Waals surface area (Å²) < 4.78 is 0.178. The molecule has 0 radical (unpaired) electrons. The molecule has 0 aliphatic carbocycles. The maximum atomic E-state index is 4.66. The van der Waals surface area contributed by atoms with Gasteiger partial charge in [0.15, 0.2) is 5.96 Å². The minimum Gasteiger partial charge on any atom is -0.385 e. The third-order valence-corrected chi connectivity index (χ3v) is 4.50. The fraction of sp³-hybridized carbons (Fsp3) is 0.588. The van der Waals surface area contributed by atoms with Crippen molar-refractivity contribution < 1.29 is 0 Å². The summed E-state index contributed by atoms with van der Waals surface area (Å²) in [6.07, 6.45) is 3.18. The molecule has 0 unspecified atom stereocenters. The average molecular weight is 323 g/mol. The van der Waals surface area contributed by atoms with Crippen molar-refractivity contribution in [2.45, 2.75) is 31.9 Å². The highest BCUT2D eigenvalue weighted by Crippen LogP contribution is 2.20. The molecule has 1 aromatic rings. The number of anilines is 1. The molecule has 0 saturated carbocycles. The van der Waals surface area contributed by atoms with Gasteiger partial charge in [-0.1, -0.05) is 18.2 Å². The van der Waals surface area contributed by atoms with Crippen molar-refractivity contribution in [3.63, 3.8) is 0 Å². The van der Waals surface area contributed by atoms with Gasteiger partial charge in [0.2, 0.25) is 0 Å². The summed E-state index contributed by atoms with van der Waals surface area (Å²) in [6, 6.07) is 10.3. The molecule has 5 heteroatoms. The lowest BCUT2D eigenvalue weighted by Crippen LogP contribution is -2.39. The SMILES string of the molecule is CCNC(=NCC(C)(C)SC)NCCCNc1ccccc1. The van der Waals surface area contributed by atoms with Gasteiger partial charge in [0.25, 0.3) is 0 Å². The molecule has 0 bridgehead atoms. The van der Waals surface area contributed by atoms with Crippen molar-refractivity contribution in [3.8, 4) is 0 Å². The Kier molecular flexibility index (Phi) is 8.82. The number of aliphatic imine (C=N–C) groups is 1. The summed E-state index contributed by atoms with van der Waals surface area (Å²) in [7, 11) is 0. The number of hydrogen-bond acceptors (Lipinski definition) is 3. The minimum absolute atomic E-state index is 0.178. The second kappa shape index (κ2) is 10.4. The van der Waals surface area contributed by atoms with Gasteiger partial charge in [0.05, 0.1) is 6.54 Å². The van der Waals surface area contributed by atoms with E-state index in [-0.39, 0.29) is 4.75 Å². The second-order valence-electron chi connectivity index (χ2n) is 5.73. The van der Waals surface area contributed by atoms with Gasteiger partial charge in [-0.25, -0.2) is 0 Å². The molecule has 0 amide bonds. The van der Waals surface area contributed by atoms with Gasteiger partial charge in [-0.05, 0) is 45.6 Å². The number of thioether (sulfide) groups is 1. The number of guanidine groups is 1. The Balaban J connectivity index is 2.27. The molecule has 0 aromatic heterocycles. The van der Waals surface area contributed by atoms with Gasteiger partial charge in [0, 0.05) is 30.1 Å². The van der Waals surface area contributed by atoms with Crippen LogP contribution in [0.2, 0.25) is 0 Å². The van der Waals surface area contributed by atoms with E-state index in [1.165, 1.54) is 5.69 Å². The number of nitrogens with one attached hydrogen (secondary N) is 3. The molecule has 1 rings (SSSR count). The zero-order valence-corrected chi connectivity index (χ0v) is 15.1. The maximum Gasteiger partial charge on any atom is 0.191 e. The molecule has 0 heterocycles. The number of para-hydroxylation sites is 1. The Hall–Kier alpha value is -1.36. The first kappa shape index (κ1) is 18.7. The van der Waals surface area contributed by atoms with Crippen LogP contribution in [0.1, 0.15) is 27.2 Å². The third kappa shape index (κ3) is 8.17. The van der Waals surface area contributed by atoms with Crippen molar-refractivity contribution in [1.29, 1.82) is 0 Å². The Morgan fingerprint density at radius 2 is 1.86 bits per heavy atom. The number of benzene rings is 1. The van der Waals surface area contributed by atoms with Gasteiger partial charge in [-0.15, -0.1) is 0 Å². The topological polar surface area (TPSA) is 48.5 Å². The Morgan fingerprint density at radius 3 is 2.50 bits per heavy atom. The van der Waals surface area contributed by atoms with Gasteiger partial charge in [-0.3, -0.25) is 4.99 Å². The molecule has 4 nitrogen and oxygen atoms in total. The van der Waals surface area contributed by atoms with Crippen molar-refractivity contribution >= 4 is 23.4 Å². The van der Waals surface area contributed by atoms with E-state index < -0.39 is 0 Å². The predicted octanol–water partition coefficient (Wildman–Crippen LogP) is 3.19. The molecule has 22 heavy (non-hydrogen) atoms. The van der Waals surface area contributed by atoms with Crippen LogP contribution >= 0.6 is 11.8 Å². The lowest BCUT2D eigenvalue weighted by atomic mass is 10.2. The van der Waals surface area contributed by atoms with E-state index in [4.69, 9.17) is 0 Å². The molecule has 3 N–H and O–H groups in total. The van der Waals surface area contributed by atoms with Crippen LogP contribution in [0.15, 0.2) is 35.3 Å². The molecule has 124 valence electrons. The summed E-state index contributed by atoms with van der Waals surface area (Å²) in [6.45, 7) is 10.1. The summed E-state index contributed by atoms with van der Waals surface area (Å²) in [5.41, 5.74) is 1.17. The number of rotatable bonds is 9. The van der Waals surface area contributed by atoms with E-state index in [0.29, 0.717) is 0 Å². The summed E-state index contributed by atoms with van der Waals surface area (Å²) >= 11 is 1.84. The van der Waals surface area contributed by atoms with Gasteiger partial charge in [-0.2, -0.15) is 11.8 Å². The fourth-order valence-corrected chi connectivity index (χ4v) is 1.95. The predicted molar refractivity (Wildman–Crippen MR) is 101 cm³/mol. The first-order valence-corrected chi connectivity index (χ1v) is 9.16. The highest BCUT2D eigenvalue weighted by atomic mass is 32.2. The van der Waals surface area contributed by atoms with Crippen LogP contribution in [0.3, 0.4) is 0 Å². The molecular weight excluding hydrogens is 292 g/mol. The zero-order chi connectivity index (χ0) is 16.3. The van der Waals surface area contributed by atoms with E-state index in [1.807, 2.05) is 30.0 Å². The molecule has 0 aliphatic rings. The number of hydrogen-bond donors (Lipinski definition) is 3. The quantitative estimate of drug-likeness (QED) is 0.371. The van der Waals surface area contributed by atoms with Crippen LogP contribution in [0.25, 0.3) is 0 Å². The van der Waals surface area contributed by atoms with Crippen LogP contribution < -0.4 is 16.0 Å². The van der Waals surface area contributed by atoms with Crippen molar-refractivity contribution in [2.75, 3.05) is 37.8 Å². The van der Waals surface area contributed by atoms with E-state index in [1.54, 1.807) is 0 Å². The largest absolute Gasteiger partial charge is 0.385 e. The summed E-state index contributed by atoms with van der Waals surface area (Å²) in [5.74, 6) is 0.907. The first-order chi connectivity index (χ1) is 10.6. The van der Waals surface area contributed by atoms with Crippen LogP contribution in [0.4, 0.5) is 5.69 Å². The molecule has 0 saturated heterocycles.